The first-order valence-electron chi connectivity index (χ1n) is 7.81. The van der Waals surface area contributed by atoms with E-state index in [-0.39, 0.29) is 10.8 Å². The van der Waals surface area contributed by atoms with Crippen LogP contribution >= 0.6 is 0 Å². The van der Waals surface area contributed by atoms with Crippen molar-refractivity contribution in [2.45, 2.75) is 11.8 Å². The zero-order valence-electron chi connectivity index (χ0n) is 14.0. The number of primary sulfonamides is 1. The van der Waals surface area contributed by atoms with Gasteiger partial charge >= 0.3 is 0 Å². The van der Waals surface area contributed by atoms with Crippen molar-refractivity contribution in [2.24, 2.45) is 5.14 Å². The standard InChI is InChI=1S/C19H17N3O3S/c1-13-5-8-15(12-17(13)18-4-2-3-11-21-18)22-19(23)14-6-9-16(10-7-14)26(20,24)25/h2-12H,1H3,(H,22,23)(H2,20,24,25). The van der Waals surface area contributed by atoms with Crippen molar-refractivity contribution < 1.29 is 13.2 Å². The van der Waals surface area contributed by atoms with Gasteiger partial charge in [-0.1, -0.05) is 12.1 Å². The average Bonchev–Trinajstić information content (AvgIpc) is 2.63. The van der Waals surface area contributed by atoms with Gasteiger partial charge in [-0.15, -0.1) is 0 Å². The van der Waals surface area contributed by atoms with Crippen molar-refractivity contribution in [3.8, 4) is 11.3 Å². The van der Waals surface area contributed by atoms with Gasteiger partial charge in [-0.3, -0.25) is 9.78 Å². The van der Waals surface area contributed by atoms with Gasteiger partial charge in [0.15, 0.2) is 0 Å². The third-order valence-corrected chi connectivity index (χ3v) is 4.81. The van der Waals surface area contributed by atoms with Crippen LogP contribution in [0.4, 0.5) is 5.69 Å². The van der Waals surface area contributed by atoms with Crippen LogP contribution in [0.5, 0.6) is 0 Å². The zero-order chi connectivity index (χ0) is 18.7. The first-order valence-corrected chi connectivity index (χ1v) is 9.35. The largest absolute Gasteiger partial charge is 0.322 e. The third kappa shape index (κ3) is 3.96. The molecule has 1 amide bonds. The summed E-state index contributed by atoms with van der Waals surface area (Å²) in [5.74, 6) is -0.346. The third-order valence-electron chi connectivity index (χ3n) is 3.88. The van der Waals surface area contributed by atoms with Gasteiger partial charge in [0.05, 0.1) is 10.6 Å². The van der Waals surface area contributed by atoms with Gasteiger partial charge in [-0.2, -0.15) is 0 Å². The van der Waals surface area contributed by atoms with Gasteiger partial charge in [-0.05, 0) is 61.0 Å². The van der Waals surface area contributed by atoms with E-state index in [1.807, 2.05) is 37.3 Å². The Bertz CT molecular complexity index is 1050. The minimum absolute atomic E-state index is 0.0400. The van der Waals surface area contributed by atoms with Crippen molar-refractivity contribution in [3.05, 3.63) is 78.0 Å². The van der Waals surface area contributed by atoms with Crippen molar-refractivity contribution in [1.29, 1.82) is 0 Å². The fraction of sp³-hybridized carbons (Fsp3) is 0.0526. The molecule has 1 aromatic heterocycles. The summed E-state index contributed by atoms with van der Waals surface area (Å²) in [7, 11) is -3.78. The van der Waals surface area contributed by atoms with E-state index in [1.54, 1.807) is 12.3 Å². The summed E-state index contributed by atoms with van der Waals surface area (Å²) in [6.45, 7) is 1.97. The monoisotopic (exact) mass is 367 g/mol. The fourth-order valence-electron chi connectivity index (χ4n) is 2.50. The van der Waals surface area contributed by atoms with Crippen LogP contribution in [0, 0.1) is 6.92 Å². The number of benzene rings is 2. The molecule has 3 aromatic rings. The van der Waals surface area contributed by atoms with Crippen LogP contribution in [-0.2, 0) is 10.0 Å². The molecular weight excluding hydrogens is 350 g/mol. The Balaban J connectivity index is 1.84. The maximum Gasteiger partial charge on any atom is 0.255 e. The lowest BCUT2D eigenvalue weighted by molar-refractivity contribution is 0.102. The summed E-state index contributed by atoms with van der Waals surface area (Å²) in [5, 5.41) is 7.86. The summed E-state index contributed by atoms with van der Waals surface area (Å²) in [5.41, 5.74) is 3.74. The second kappa shape index (κ2) is 7.07. The van der Waals surface area contributed by atoms with Crippen molar-refractivity contribution >= 4 is 21.6 Å². The molecule has 0 saturated heterocycles. The van der Waals surface area contributed by atoms with E-state index < -0.39 is 10.0 Å². The number of hydrogen-bond acceptors (Lipinski definition) is 4. The Hall–Kier alpha value is -3.03. The molecule has 0 aliphatic rings. The zero-order valence-corrected chi connectivity index (χ0v) is 14.8. The van der Waals surface area contributed by atoms with E-state index in [4.69, 9.17) is 5.14 Å². The highest BCUT2D eigenvalue weighted by molar-refractivity contribution is 7.89. The Labute approximate surface area is 151 Å². The van der Waals surface area contributed by atoms with Gasteiger partial charge in [0.25, 0.3) is 5.91 Å². The van der Waals surface area contributed by atoms with E-state index in [2.05, 4.69) is 10.3 Å². The highest BCUT2D eigenvalue weighted by Crippen LogP contribution is 2.25. The molecule has 3 rings (SSSR count). The number of nitrogens with two attached hydrogens (primary N) is 1. The molecule has 0 unspecified atom stereocenters. The molecule has 7 heteroatoms. The number of carbonyl (C=O) groups is 1. The number of nitrogens with one attached hydrogen (secondary N) is 1. The van der Waals surface area contributed by atoms with Crippen molar-refractivity contribution in [2.75, 3.05) is 5.32 Å². The number of amides is 1. The molecule has 0 spiro atoms. The minimum atomic E-state index is -3.78. The second-order valence-electron chi connectivity index (χ2n) is 5.77. The second-order valence-corrected chi connectivity index (χ2v) is 7.33. The molecular formula is C19H17N3O3S. The van der Waals surface area contributed by atoms with Crippen LogP contribution in [-0.4, -0.2) is 19.3 Å². The molecule has 132 valence electrons. The van der Waals surface area contributed by atoms with E-state index >= 15 is 0 Å². The molecule has 3 N–H and O–H groups in total. The topological polar surface area (TPSA) is 102 Å². The summed E-state index contributed by atoms with van der Waals surface area (Å²) >= 11 is 0. The lowest BCUT2D eigenvalue weighted by Gasteiger charge is -2.10. The highest BCUT2D eigenvalue weighted by Gasteiger charge is 2.11. The quantitative estimate of drug-likeness (QED) is 0.740. The number of carbonyl (C=O) groups excluding carboxylic acids is 1. The molecule has 26 heavy (non-hydrogen) atoms. The molecule has 0 bridgehead atoms. The maximum atomic E-state index is 12.4. The summed E-state index contributed by atoms with van der Waals surface area (Å²) in [6, 6.07) is 16.7. The number of nitrogens with zero attached hydrogens (tertiary/aromatic N) is 1. The predicted octanol–water partition coefficient (Wildman–Crippen LogP) is 2.96. The first kappa shape index (κ1) is 17.8. The number of pyridine rings is 1. The Morgan fingerprint density at radius 2 is 1.77 bits per heavy atom. The van der Waals surface area contributed by atoms with Crippen LogP contribution in [0.2, 0.25) is 0 Å². The molecule has 0 aliphatic carbocycles. The number of aryl methyl sites for hydroxylation is 1. The molecule has 0 radical (unpaired) electrons. The minimum Gasteiger partial charge on any atom is -0.322 e. The van der Waals surface area contributed by atoms with Gasteiger partial charge < -0.3 is 5.32 Å². The summed E-state index contributed by atoms with van der Waals surface area (Å²) in [6.07, 6.45) is 1.72. The number of hydrogen-bond donors (Lipinski definition) is 2. The lowest BCUT2D eigenvalue weighted by atomic mass is 10.0. The molecule has 0 saturated carbocycles. The normalized spacial score (nSPS) is 11.2. The summed E-state index contributed by atoms with van der Waals surface area (Å²) < 4.78 is 22.6. The molecule has 6 nitrogen and oxygen atoms in total. The molecule has 2 aromatic carbocycles. The predicted molar refractivity (Wildman–Crippen MR) is 100 cm³/mol. The maximum absolute atomic E-state index is 12.4. The average molecular weight is 367 g/mol. The van der Waals surface area contributed by atoms with Crippen LogP contribution in [0.1, 0.15) is 15.9 Å². The summed E-state index contributed by atoms with van der Waals surface area (Å²) in [4.78, 5) is 16.7. The van der Waals surface area contributed by atoms with Crippen molar-refractivity contribution in [3.63, 3.8) is 0 Å². The number of sulfonamides is 1. The Morgan fingerprint density at radius 3 is 2.38 bits per heavy atom. The van der Waals surface area contributed by atoms with Crippen LogP contribution in [0.25, 0.3) is 11.3 Å². The Kier molecular flexibility index (Phi) is 4.83. The first-order chi connectivity index (χ1) is 12.3. The number of rotatable bonds is 4. The molecule has 0 atom stereocenters. The van der Waals surface area contributed by atoms with Gasteiger partial charge in [0.2, 0.25) is 10.0 Å². The van der Waals surface area contributed by atoms with E-state index in [9.17, 15) is 13.2 Å². The van der Waals surface area contributed by atoms with E-state index in [1.165, 1.54) is 24.3 Å². The van der Waals surface area contributed by atoms with E-state index in [0.717, 1.165) is 16.8 Å². The highest BCUT2D eigenvalue weighted by atomic mass is 32.2. The SMILES string of the molecule is Cc1ccc(NC(=O)c2ccc(S(N)(=O)=O)cc2)cc1-c1ccccn1. The smallest absolute Gasteiger partial charge is 0.255 e. The fourth-order valence-corrected chi connectivity index (χ4v) is 3.01. The number of anilines is 1. The van der Waals surface area contributed by atoms with Crippen molar-refractivity contribution in [1.82, 2.24) is 4.98 Å². The van der Waals surface area contributed by atoms with E-state index in [0.29, 0.717) is 11.3 Å². The molecule has 1 heterocycles. The van der Waals surface area contributed by atoms with Gasteiger partial charge in [0, 0.05) is 23.0 Å². The van der Waals surface area contributed by atoms with Crippen LogP contribution in [0.15, 0.2) is 71.8 Å². The van der Waals surface area contributed by atoms with Gasteiger partial charge in [0.1, 0.15) is 0 Å². The lowest BCUT2D eigenvalue weighted by Crippen LogP contribution is -2.14. The number of aromatic nitrogens is 1. The molecule has 0 fully saturated rings. The Morgan fingerprint density at radius 1 is 1.04 bits per heavy atom. The van der Waals surface area contributed by atoms with Gasteiger partial charge in [-0.25, -0.2) is 13.6 Å². The van der Waals surface area contributed by atoms with Crippen LogP contribution in [0.3, 0.4) is 0 Å². The van der Waals surface area contributed by atoms with Crippen LogP contribution < -0.4 is 10.5 Å². The molecule has 0 aliphatic heterocycles.